The monoisotopic (exact) mass is 706 g/mol. The van der Waals surface area contributed by atoms with Gasteiger partial charge in [-0.2, -0.15) is 13.4 Å². The Morgan fingerprint density at radius 3 is 2.45 bits per heavy atom. The minimum Gasteiger partial charge on any atom is -0.378 e. The molecule has 20 heteroatoms. The molecule has 2 amide bonds. The molecule has 0 spiro atoms. The van der Waals surface area contributed by atoms with Gasteiger partial charge in [0, 0.05) is 43.7 Å². The van der Waals surface area contributed by atoms with E-state index < -0.39 is 33.1 Å². The molecule has 18 nitrogen and oxygen atoms in total. The zero-order valence-corrected chi connectivity index (χ0v) is 27.4. The van der Waals surface area contributed by atoms with Gasteiger partial charge in [0.2, 0.25) is 17.8 Å². The predicted molar refractivity (Wildman–Crippen MR) is 174 cm³/mol. The SMILES string of the molecule is [N-]=[N+]=N[C@H]1C[C@@H](C(=O)NCCOCCOCCOCCNCc2c[nH]c3nc(N)[nH]c(=O)c23)N(C(=O)CCc2ccc(S(=O)(=O)F)cc2)C1. The number of benzene rings is 1. The molecule has 0 radical (unpaired) electrons. The van der Waals surface area contributed by atoms with Crippen LogP contribution in [0.15, 0.2) is 45.3 Å². The quantitative estimate of drug-likeness (QED) is 0.0358. The maximum Gasteiger partial charge on any atom is 0.332 e. The number of nitrogens with zero attached hydrogens (tertiary/aromatic N) is 5. The predicted octanol–water partition coefficient (Wildman–Crippen LogP) is 0.660. The van der Waals surface area contributed by atoms with Crippen LogP contribution in [-0.2, 0) is 47.0 Å². The molecule has 2 aromatic heterocycles. The number of azide groups is 1. The Balaban J connectivity index is 1.04. The Morgan fingerprint density at radius 1 is 1.10 bits per heavy atom. The van der Waals surface area contributed by atoms with Crippen LogP contribution in [-0.4, -0.2) is 111 Å². The van der Waals surface area contributed by atoms with Crippen molar-refractivity contribution in [3.05, 3.63) is 62.4 Å². The third-order valence-corrected chi connectivity index (χ3v) is 8.45. The van der Waals surface area contributed by atoms with Crippen molar-refractivity contribution >= 4 is 39.0 Å². The van der Waals surface area contributed by atoms with E-state index in [4.69, 9.17) is 25.5 Å². The van der Waals surface area contributed by atoms with Crippen LogP contribution in [0.3, 0.4) is 0 Å². The Labute approximate surface area is 280 Å². The van der Waals surface area contributed by atoms with E-state index in [1.165, 1.54) is 17.0 Å². The van der Waals surface area contributed by atoms with Crippen molar-refractivity contribution < 1.29 is 36.1 Å². The van der Waals surface area contributed by atoms with E-state index in [-0.39, 0.29) is 56.4 Å². The maximum atomic E-state index is 13.1. The van der Waals surface area contributed by atoms with Crippen molar-refractivity contribution in [2.45, 2.75) is 42.8 Å². The highest BCUT2D eigenvalue weighted by Crippen LogP contribution is 2.23. The molecule has 6 N–H and O–H groups in total. The van der Waals surface area contributed by atoms with Crippen molar-refractivity contribution in [1.82, 2.24) is 30.5 Å². The summed E-state index contributed by atoms with van der Waals surface area (Å²) >= 11 is 0. The van der Waals surface area contributed by atoms with Gasteiger partial charge in [0.15, 0.2) is 0 Å². The van der Waals surface area contributed by atoms with E-state index >= 15 is 0 Å². The molecule has 1 aromatic carbocycles. The number of amides is 2. The summed E-state index contributed by atoms with van der Waals surface area (Å²) in [7, 11) is -4.82. The molecule has 3 aromatic rings. The number of anilines is 1. The molecule has 49 heavy (non-hydrogen) atoms. The first-order valence-corrected chi connectivity index (χ1v) is 16.9. The molecule has 0 saturated carbocycles. The van der Waals surface area contributed by atoms with E-state index in [9.17, 15) is 26.7 Å². The second-order valence-corrected chi connectivity index (χ2v) is 12.4. The van der Waals surface area contributed by atoms with E-state index in [2.05, 4.69) is 35.6 Å². The van der Waals surface area contributed by atoms with Gasteiger partial charge in [-0.25, -0.2) is 0 Å². The molecule has 1 fully saturated rings. The zero-order chi connectivity index (χ0) is 35.2. The molecule has 2 atom stereocenters. The number of carbonyl (C=O) groups excluding carboxylic acids is 2. The number of aromatic nitrogens is 3. The summed E-state index contributed by atoms with van der Waals surface area (Å²) in [5, 5.41) is 10.1. The smallest absolute Gasteiger partial charge is 0.332 e. The maximum absolute atomic E-state index is 13.1. The second kappa shape index (κ2) is 18.2. The topological polar surface area (TPSA) is 260 Å². The van der Waals surface area contributed by atoms with Crippen molar-refractivity contribution in [1.29, 1.82) is 0 Å². The van der Waals surface area contributed by atoms with Crippen LogP contribution in [0.5, 0.6) is 0 Å². The first-order chi connectivity index (χ1) is 23.6. The number of halogens is 1. The van der Waals surface area contributed by atoms with Gasteiger partial charge in [0.05, 0.1) is 56.0 Å². The van der Waals surface area contributed by atoms with Crippen molar-refractivity contribution in [3.8, 4) is 0 Å². The minimum atomic E-state index is -4.82. The fraction of sp³-hybridized carbons (Fsp3) is 0.517. The Morgan fingerprint density at radius 2 is 1.78 bits per heavy atom. The largest absolute Gasteiger partial charge is 0.378 e. The molecule has 1 saturated heterocycles. The normalized spacial score (nSPS) is 16.1. The number of aromatic amines is 2. The van der Waals surface area contributed by atoms with Crippen LogP contribution in [0, 0.1) is 0 Å². The number of H-pyrrole nitrogens is 2. The van der Waals surface area contributed by atoms with Gasteiger partial charge >= 0.3 is 10.2 Å². The summed E-state index contributed by atoms with van der Waals surface area (Å²) in [5.74, 6) is -0.679. The van der Waals surface area contributed by atoms with Crippen LogP contribution >= 0.6 is 0 Å². The Hall–Kier alpha value is -4.59. The lowest BCUT2D eigenvalue weighted by atomic mass is 10.1. The lowest BCUT2D eigenvalue weighted by molar-refractivity contribution is -0.138. The summed E-state index contributed by atoms with van der Waals surface area (Å²) in [4.78, 5) is 51.2. The molecule has 0 unspecified atom stereocenters. The average molecular weight is 707 g/mol. The van der Waals surface area contributed by atoms with Crippen molar-refractivity contribution in [3.63, 3.8) is 0 Å². The summed E-state index contributed by atoms with van der Waals surface area (Å²) in [5.41, 5.74) is 15.9. The standard InChI is InChI=1S/C29H39FN10O8S/c30-49(44,45)22-4-1-19(2-5-22)3-6-24(41)40-18-21(38-39-32)15-23(40)27(42)34-8-10-47-12-14-48-13-11-46-9-7-33-16-20-17-35-26-25(20)28(43)37-29(31)36-26/h1-2,4-5,17,21,23,33H,3,6-16,18H2,(H,34,42)(H4,31,35,36,37,43)/t21-,23-/m0/s1. The summed E-state index contributed by atoms with van der Waals surface area (Å²) < 4.78 is 51.7. The first kappa shape index (κ1) is 37.2. The number of nitrogens with two attached hydrogens (primary N) is 1. The average Bonchev–Trinajstić information content (AvgIpc) is 3.68. The van der Waals surface area contributed by atoms with Gasteiger partial charge in [-0.3, -0.25) is 19.4 Å². The molecule has 1 aliphatic heterocycles. The number of fused-ring (bicyclic) bond motifs is 1. The van der Waals surface area contributed by atoms with Crippen LogP contribution in [0.4, 0.5) is 9.83 Å². The summed E-state index contributed by atoms with van der Waals surface area (Å²) in [6.45, 7) is 3.35. The molecule has 3 heterocycles. The van der Waals surface area contributed by atoms with E-state index in [1.807, 2.05) is 0 Å². The number of hydrogen-bond acceptors (Lipinski definition) is 12. The highest BCUT2D eigenvalue weighted by Gasteiger charge is 2.38. The summed E-state index contributed by atoms with van der Waals surface area (Å²) in [6.07, 6.45) is 2.15. The first-order valence-electron chi connectivity index (χ1n) is 15.5. The fourth-order valence-corrected chi connectivity index (χ4v) is 5.70. The Kier molecular flexibility index (Phi) is 13.9. The van der Waals surface area contributed by atoms with Gasteiger partial charge in [-0.05, 0) is 41.6 Å². The number of aryl methyl sites for hydroxylation is 1. The number of nitrogen functional groups attached to an aromatic ring is 1. The van der Waals surface area contributed by atoms with Gasteiger partial charge < -0.3 is 40.5 Å². The molecule has 0 bridgehead atoms. The number of carbonyl (C=O) groups is 2. The molecular formula is C29H39FN10O8S. The van der Waals surface area contributed by atoms with Gasteiger partial charge in [-0.15, -0.1) is 3.89 Å². The van der Waals surface area contributed by atoms with E-state index in [1.54, 1.807) is 6.20 Å². The lowest BCUT2D eigenvalue weighted by Gasteiger charge is -2.24. The van der Waals surface area contributed by atoms with Crippen LogP contribution in [0.2, 0.25) is 0 Å². The Bertz CT molecular complexity index is 1780. The zero-order valence-electron chi connectivity index (χ0n) is 26.6. The molecular weight excluding hydrogens is 667 g/mol. The van der Waals surface area contributed by atoms with E-state index in [0.717, 1.165) is 17.7 Å². The third kappa shape index (κ3) is 11.2. The van der Waals surface area contributed by atoms with Crippen LogP contribution in [0.25, 0.3) is 21.5 Å². The molecule has 4 rings (SSSR count). The van der Waals surface area contributed by atoms with Crippen LogP contribution in [0.1, 0.15) is 24.0 Å². The molecule has 266 valence electrons. The molecule has 0 aliphatic carbocycles. The molecule has 1 aliphatic rings. The van der Waals surface area contributed by atoms with Crippen LogP contribution < -0.4 is 21.9 Å². The minimum absolute atomic E-state index is 0.0171. The van der Waals surface area contributed by atoms with Gasteiger partial charge in [-0.1, -0.05) is 17.2 Å². The lowest BCUT2D eigenvalue weighted by Crippen LogP contribution is -2.46. The number of rotatable bonds is 20. The number of hydrogen-bond donors (Lipinski definition) is 5. The number of nitrogens with one attached hydrogen (secondary N) is 4. The van der Waals surface area contributed by atoms with Gasteiger partial charge in [0.25, 0.3) is 5.56 Å². The fourth-order valence-electron chi connectivity index (χ4n) is 5.24. The number of likely N-dealkylation sites (tertiary alicyclic amines) is 1. The third-order valence-electron chi connectivity index (χ3n) is 7.62. The second-order valence-electron chi connectivity index (χ2n) is 11.0. The van der Waals surface area contributed by atoms with Crippen molar-refractivity contribution in [2.75, 3.05) is 65.0 Å². The highest BCUT2D eigenvalue weighted by atomic mass is 32.3. The summed E-state index contributed by atoms with van der Waals surface area (Å²) in [6, 6.07) is 3.72. The van der Waals surface area contributed by atoms with Crippen molar-refractivity contribution in [2.24, 2.45) is 5.11 Å². The highest BCUT2D eigenvalue weighted by molar-refractivity contribution is 7.86. The van der Waals surface area contributed by atoms with E-state index in [0.29, 0.717) is 62.7 Å². The number of ether oxygens (including phenoxy) is 3. The van der Waals surface area contributed by atoms with Gasteiger partial charge in [0.1, 0.15) is 11.7 Å².